The second-order valence-electron chi connectivity index (χ2n) is 5.57. The summed E-state index contributed by atoms with van der Waals surface area (Å²) in [5.41, 5.74) is 3.22. The molecular weight excluding hydrogens is 254 g/mol. The van der Waals surface area contributed by atoms with Gasteiger partial charge in [-0.2, -0.15) is 0 Å². The van der Waals surface area contributed by atoms with Gasteiger partial charge in [0, 0.05) is 12.6 Å². The van der Waals surface area contributed by atoms with Crippen molar-refractivity contribution >= 4 is 5.97 Å². The highest BCUT2D eigenvalue weighted by molar-refractivity contribution is 5.72. The maximum atomic E-state index is 11.1. The molecule has 1 aromatic carbocycles. The third-order valence-corrected chi connectivity index (χ3v) is 3.60. The van der Waals surface area contributed by atoms with Crippen molar-refractivity contribution in [1.82, 2.24) is 5.32 Å². The summed E-state index contributed by atoms with van der Waals surface area (Å²) in [6.07, 6.45) is 2.23. The van der Waals surface area contributed by atoms with E-state index in [4.69, 9.17) is 9.84 Å². The van der Waals surface area contributed by atoms with E-state index in [-0.39, 0.29) is 0 Å². The van der Waals surface area contributed by atoms with Gasteiger partial charge in [-0.25, -0.2) is 4.79 Å². The number of carboxylic acid groups (broad SMARTS) is 1. The summed E-state index contributed by atoms with van der Waals surface area (Å²) in [6.45, 7) is 6.62. The molecule has 1 atom stereocenters. The van der Waals surface area contributed by atoms with E-state index in [1.165, 1.54) is 18.4 Å². The van der Waals surface area contributed by atoms with Crippen LogP contribution in [-0.4, -0.2) is 23.2 Å². The number of nitrogens with one attached hydrogen (secondary N) is 1. The van der Waals surface area contributed by atoms with Gasteiger partial charge in [-0.3, -0.25) is 0 Å². The molecule has 0 amide bonds. The molecule has 1 aliphatic carbocycles. The predicted molar refractivity (Wildman–Crippen MR) is 78.1 cm³/mol. The van der Waals surface area contributed by atoms with E-state index in [0.29, 0.717) is 18.2 Å². The number of hydrogen-bond donors (Lipinski definition) is 2. The third-order valence-electron chi connectivity index (χ3n) is 3.60. The number of hydrogen-bond acceptors (Lipinski definition) is 3. The molecule has 1 aromatic rings. The van der Waals surface area contributed by atoms with Crippen LogP contribution in [0.1, 0.15) is 42.9 Å². The van der Waals surface area contributed by atoms with Crippen molar-refractivity contribution in [3.8, 4) is 5.75 Å². The van der Waals surface area contributed by atoms with Gasteiger partial charge in [-0.15, -0.1) is 0 Å². The Morgan fingerprint density at radius 2 is 2.00 bits per heavy atom. The topological polar surface area (TPSA) is 58.6 Å². The predicted octanol–water partition coefficient (Wildman–Crippen LogP) is 2.80. The van der Waals surface area contributed by atoms with Crippen LogP contribution in [0, 0.1) is 13.8 Å². The molecule has 0 aliphatic heterocycles. The van der Waals surface area contributed by atoms with Crippen LogP contribution >= 0.6 is 0 Å². The molecule has 4 nitrogen and oxygen atoms in total. The summed E-state index contributed by atoms with van der Waals surface area (Å²) in [5, 5.41) is 12.6. The number of carbonyl (C=O) groups is 1. The highest BCUT2D eigenvalue weighted by Gasteiger charge is 2.21. The quantitative estimate of drug-likeness (QED) is 0.804. The first-order chi connectivity index (χ1) is 9.51. The molecular formula is C16H23NO3. The number of benzene rings is 1. The number of rotatable bonds is 7. The van der Waals surface area contributed by atoms with Crippen molar-refractivity contribution in [3.63, 3.8) is 0 Å². The molecule has 1 saturated carbocycles. The first-order valence-corrected chi connectivity index (χ1v) is 7.24. The van der Waals surface area contributed by atoms with Crippen molar-refractivity contribution in [3.05, 3.63) is 28.8 Å². The van der Waals surface area contributed by atoms with Gasteiger partial charge in [0.1, 0.15) is 5.75 Å². The van der Waals surface area contributed by atoms with Gasteiger partial charge in [-0.05, 0) is 49.8 Å². The van der Waals surface area contributed by atoms with E-state index in [1.54, 1.807) is 0 Å². The summed E-state index contributed by atoms with van der Waals surface area (Å²) in [4.78, 5) is 11.1. The minimum absolute atomic E-state index is 0.458. The molecule has 0 saturated heterocycles. The van der Waals surface area contributed by atoms with Gasteiger partial charge >= 0.3 is 5.97 Å². The lowest BCUT2D eigenvalue weighted by Crippen LogP contribution is -2.26. The highest BCUT2D eigenvalue weighted by Crippen LogP contribution is 2.27. The highest BCUT2D eigenvalue weighted by atomic mass is 16.5. The normalized spacial score (nSPS) is 15.9. The molecule has 0 radical (unpaired) electrons. The maximum Gasteiger partial charge on any atom is 0.344 e. The molecule has 2 rings (SSSR count). The average Bonchev–Trinajstić information content (AvgIpc) is 3.19. The first kappa shape index (κ1) is 14.9. The number of ether oxygens (including phenoxy) is 1. The zero-order chi connectivity index (χ0) is 14.7. The SMILES string of the molecule is CCC(Oc1c(C)cc(CNC2CC2)cc1C)C(=O)O. The molecule has 4 heteroatoms. The summed E-state index contributed by atoms with van der Waals surface area (Å²) in [5.74, 6) is -0.208. The van der Waals surface area contributed by atoms with Crippen molar-refractivity contribution in [2.75, 3.05) is 0 Å². The first-order valence-electron chi connectivity index (χ1n) is 7.24. The zero-order valence-corrected chi connectivity index (χ0v) is 12.4. The Morgan fingerprint density at radius 1 is 1.40 bits per heavy atom. The van der Waals surface area contributed by atoms with E-state index >= 15 is 0 Å². The van der Waals surface area contributed by atoms with Crippen LogP contribution in [0.2, 0.25) is 0 Å². The number of carboxylic acids is 1. The van der Waals surface area contributed by atoms with Crippen LogP contribution in [-0.2, 0) is 11.3 Å². The van der Waals surface area contributed by atoms with Crippen LogP contribution in [0.3, 0.4) is 0 Å². The maximum absolute atomic E-state index is 11.1. The van der Waals surface area contributed by atoms with Crippen LogP contribution in [0.5, 0.6) is 5.75 Å². The largest absolute Gasteiger partial charge is 0.479 e. The third kappa shape index (κ3) is 3.73. The van der Waals surface area contributed by atoms with Gasteiger partial charge in [0.2, 0.25) is 0 Å². The van der Waals surface area contributed by atoms with Crippen molar-refractivity contribution in [2.24, 2.45) is 0 Å². The van der Waals surface area contributed by atoms with E-state index < -0.39 is 12.1 Å². The fourth-order valence-electron chi connectivity index (χ4n) is 2.33. The van der Waals surface area contributed by atoms with Gasteiger partial charge in [0.25, 0.3) is 0 Å². The van der Waals surface area contributed by atoms with Gasteiger partial charge in [0.15, 0.2) is 6.10 Å². The van der Waals surface area contributed by atoms with E-state index in [1.807, 2.05) is 20.8 Å². The minimum Gasteiger partial charge on any atom is -0.479 e. The average molecular weight is 277 g/mol. The summed E-state index contributed by atoms with van der Waals surface area (Å²) in [7, 11) is 0. The summed E-state index contributed by atoms with van der Waals surface area (Å²) >= 11 is 0. The second-order valence-corrected chi connectivity index (χ2v) is 5.57. The molecule has 20 heavy (non-hydrogen) atoms. The zero-order valence-electron chi connectivity index (χ0n) is 12.4. The molecule has 1 unspecified atom stereocenters. The summed E-state index contributed by atoms with van der Waals surface area (Å²) in [6, 6.07) is 4.83. The van der Waals surface area contributed by atoms with Crippen molar-refractivity contribution in [1.29, 1.82) is 0 Å². The Morgan fingerprint density at radius 3 is 2.45 bits per heavy atom. The standard InChI is InChI=1S/C16H23NO3/c1-4-14(16(18)19)20-15-10(2)7-12(8-11(15)3)9-17-13-5-6-13/h7-8,13-14,17H,4-6,9H2,1-3H3,(H,18,19). The Kier molecular flexibility index (Phi) is 4.65. The van der Waals surface area contributed by atoms with Crippen LogP contribution in [0.15, 0.2) is 12.1 Å². The van der Waals surface area contributed by atoms with Crippen LogP contribution < -0.4 is 10.1 Å². The van der Waals surface area contributed by atoms with Crippen LogP contribution in [0.4, 0.5) is 0 Å². The Bertz CT molecular complexity index is 471. The fraction of sp³-hybridized carbons (Fsp3) is 0.562. The Balaban J connectivity index is 2.10. The Hall–Kier alpha value is -1.55. The lowest BCUT2D eigenvalue weighted by Gasteiger charge is -2.18. The van der Waals surface area contributed by atoms with Crippen molar-refractivity contribution < 1.29 is 14.6 Å². The molecule has 0 bridgehead atoms. The number of aliphatic carboxylic acids is 1. The van der Waals surface area contributed by atoms with Crippen LogP contribution in [0.25, 0.3) is 0 Å². The van der Waals surface area contributed by atoms with Crippen molar-refractivity contribution in [2.45, 2.75) is 58.7 Å². The lowest BCUT2D eigenvalue weighted by molar-refractivity contribution is -0.145. The van der Waals surface area contributed by atoms with Gasteiger partial charge < -0.3 is 15.2 Å². The monoisotopic (exact) mass is 277 g/mol. The molecule has 1 fully saturated rings. The van der Waals surface area contributed by atoms with E-state index in [0.717, 1.165) is 17.7 Å². The lowest BCUT2D eigenvalue weighted by atomic mass is 10.1. The Labute approximate surface area is 120 Å². The smallest absolute Gasteiger partial charge is 0.344 e. The molecule has 0 heterocycles. The van der Waals surface area contributed by atoms with Gasteiger partial charge in [-0.1, -0.05) is 19.1 Å². The molecule has 0 aromatic heterocycles. The van der Waals surface area contributed by atoms with Gasteiger partial charge in [0.05, 0.1) is 0 Å². The molecule has 1 aliphatic rings. The fourth-order valence-corrected chi connectivity index (χ4v) is 2.33. The summed E-state index contributed by atoms with van der Waals surface area (Å²) < 4.78 is 5.66. The molecule has 0 spiro atoms. The molecule has 110 valence electrons. The minimum atomic E-state index is -0.911. The second kappa shape index (κ2) is 6.27. The van der Waals surface area contributed by atoms with E-state index in [2.05, 4.69) is 17.4 Å². The molecule has 2 N–H and O–H groups in total. The number of aryl methyl sites for hydroxylation is 2. The van der Waals surface area contributed by atoms with E-state index in [9.17, 15) is 4.79 Å².